The van der Waals surface area contributed by atoms with Gasteiger partial charge in [0.25, 0.3) is 5.91 Å². The van der Waals surface area contributed by atoms with Crippen LogP contribution < -0.4 is 5.32 Å². The zero-order valence-corrected chi connectivity index (χ0v) is 18.6. The van der Waals surface area contributed by atoms with Crippen LogP contribution in [0.5, 0.6) is 0 Å². The molecule has 1 heterocycles. The van der Waals surface area contributed by atoms with Crippen molar-refractivity contribution in [2.24, 2.45) is 11.8 Å². The van der Waals surface area contributed by atoms with Gasteiger partial charge >= 0.3 is 0 Å². The Hall–Kier alpha value is -1.20. The third-order valence-corrected chi connectivity index (χ3v) is 7.89. The SMILES string of the molecule is CC(C)C(C)NC(=O)C1CSC(C2CCCCC2)N1C(=O)c1ccccc1Cl. The van der Waals surface area contributed by atoms with Gasteiger partial charge in [-0.1, -0.05) is 56.8 Å². The Morgan fingerprint density at radius 1 is 1.14 bits per heavy atom. The summed E-state index contributed by atoms with van der Waals surface area (Å²) >= 11 is 8.09. The van der Waals surface area contributed by atoms with E-state index in [0.29, 0.717) is 28.2 Å². The minimum absolute atomic E-state index is 0.0487. The maximum absolute atomic E-state index is 13.5. The molecule has 1 saturated heterocycles. The number of benzene rings is 1. The first-order valence-corrected chi connectivity index (χ1v) is 11.8. The van der Waals surface area contributed by atoms with Crippen molar-refractivity contribution in [3.8, 4) is 0 Å². The van der Waals surface area contributed by atoms with Crippen molar-refractivity contribution in [1.29, 1.82) is 0 Å². The van der Waals surface area contributed by atoms with Gasteiger partial charge in [0.2, 0.25) is 5.91 Å². The van der Waals surface area contributed by atoms with Crippen LogP contribution in [0.4, 0.5) is 0 Å². The number of nitrogens with one attached hydrogen (secondary N) is 1. The second-order valence-electron chi connectivity index (χ2n) is 8.37. The zero-order valence-electron chi connectivity index (χ0n) is 17.0. The summed E-state index contributed by atoms with van der Waals surface area (Å²) in [5.41, 5.74) is 0.488. The minimum atomic E-state index is -0.443. The van der Waals surface area contributed by atoms with Crippen molar-refractivity contribution in [2.75, 3.05) is 5.75 Å². The Kier molecular flexibility index (Phi) is 7.32. The van der Waals surface area contributed by atoms with Crippen molar-refractivity contribution >= 4 is 35.2 Å². The quantitative estimate of drug-likeness (QED) is 0.729. The van der Waals surface area contributed by atoms with Gasteiger partial charge in [0.05, 0.1) is 16.0 Å². The molecule has 6 heteroatoms. The molecule has 1 aliphatic heterocycles. The van der Waals surface area contributed by atoms with Gasteiger partial charge in [0.15, 0.2) is 0 Å². The van der Waals surface area contributed by atoms with E-state index in [1.165, 1.54) is 19.3 Å². The zero-order chi connectivity index (χ0) is 20.3. The molecule has 1 saturated carbocycles. The van der Waals surface area contributed by atoms with E-state index in [1.807, 2.05) is 24.0 Å². The molecule has 0 spiro atoms. The van der Waals surface area contributed by atoms with Crippen LogP contribution >= 0.6 is 23.4 Å². The third kappa shape index (κ3) is 4.68. The smallest absolute Gasteiger partial charge is 0.256 e. The molecular formula is C22H31ClN2O2S. The molecule has 0 radical (unpaired) electrons. The van der Waals surface area contributed by atoms with Gasteiger partial charge < -0.3 is 10.2 Å². The van der Waals surface area contributed by atoms with Crippen LogP contribution in [0, 0.1) is 11.8 Å². The highest BCUT2D eigenvalue weighted by Crippen LogP contribution is 2.41. The van der Waals surface area contributed by atoms with Crippen molar-refractivity contribution in [3.63, 3.8) is 0 Å². The first-order chi connectivity index (χ1) is 13.4. The highest BCUT2D eigenvalue weighted by atomic mass is 35.5. The van der Waals surface area contributed by atoms with Gasteiger partial charge in [-0.05, 0) is 43.7 Å². The number of amides is 2. The van der Waals surface area contributed by atoms with Gasteiger partial charge in [-0.2, -0.15) is 0 Å². The van der Waals surface area contributed by atoms with E-state index in [4.69, 9.17) is 11.6 Å². The molecule has 3 unspecified atom stereocenters. The summed E-state index contributed by atoms with van der Waals surface area (Å²) in [7, 11) is 0. The molecule has 1 aromatic rings. The van der Waals surface area contributed by atoms with Crippen LogP contribution in [-0.2, 0) is 4.79 Å². The van der Waals surface area contributed by atoms with Gasteiger partial charge in [-0.15, -0.1) is 11.8 Å². The van der Waals surface area contributed by atoms with Crippen LogP contribution in [0.3, 0.4) is 0 Å². The molecule has 0 bridgehead atoms. The number of thioether (sulfide) groups is 1. The highest BCUT2D eigenvalue weighted by Gasteiger charge is 2.45. The molecule has 2 amide bonds. The van der Waals surface area contributed by atoms with E-state index >= 15 is 0 Å². The standard InChI is InChI=1S/C22H31ClN2O2S/c1-14(2)15(3)24-20(26)19-13-28-22(16-9-5-4-6-10-16)25(19)21(27)17-11-7-8-12-18(17)23/h7-8,11-12,14-16,19,22H,4-6,9-10,13H2,1-3H3,(H,24,26). The molecule has 28 heavy (non-hydrogen) atoms. The van der Waals surface area contributed by atoms with Crippen LogP contribution in [0.15, 0.2) is 24.3 Å². The number of hydrogen-bond acceptors (Lipinski definition) is 3. The first-order valence-electron chi connectivity index (χ1n) is 10.4. The summed E-state index contributed by atoms with van der Waals surface area (Å²) in [6.45, 7) is 6.20. The van der Waals surface area contributed by atoms with E-state index < -0.39 is 6.04 Å². The number of carbonyl (C=O) groups is 2. The highest BCUT2D eigenvalue weighted by molar-refractivity contribution is 8.00. The molecule has 154 valence electrons. The van der Waals surface area contributed by atoms with E-state index in [0.717, 1.165) is 12.8 Å². The van der Waals surface area contributed by atoms with Crippen LogP contribution in [0.2, 0.25) is 5.02 Å². The average Bonchev–Trinajstić information content (AvgIpc) is 3.13. The second-order valence-corrected chi connectivity index (χ2v) is 9.93. The Morgan fingerprint density at radius 3 is 2.46 bits per heavy atom. The second kappa shape index (κ2) is 9.53. The number of rotatable bonds is 5. The van der Waals surface area contributed by atoms with Gasteiger partial charge in [0.1, 0.15) is 6.04 Å². The van der Waals surface area contributed by atoms with Crippen LogP contribution in [-0.4, -0.2) is 39.9 Å². The molecule has 1 aliphatic carbocycles. The lowest BCUT2D eigenvalue weighted by Crippen LogP contribution is -2.53. The fourth-order valence-electron chi connectivity index (χ4n) is 4.03. The predicted octanol–water partition coefficient (Wildman–Crippen LogP) is 4.96. The molecule has 1 aromatic carbocycles. The van der Waals surface area contributed by atoms with Crippen molar-refractivity contribution < 1.29 is 9.59 Å². The van der Waals surface area contributed by atoms with Gasteiger partial charge in [0, 0.05) is 11.8 Å². The number of carbonyl (C=O) groups excluding carboxylic acids is 2. The lowest BCUT2D eigenvalue weighted by Gasteiger charge is -2.36. The summed E-state index contributed by atoms with van der Waals surface area (Å²) in [6, 6.07) is 6.78. The molecule has 4 nitrogen and oxygen atoms in total. The van der Waals surface area contributed by atoms with Crippen LogP contribution in [0.25, 0.3) is 0 Å². The summed E-state index contributed by atoms with van der Waals surface area (Å²) in [6.07, 6.45) is 5.93. The maximum atomic E-state index is 13.5. The lowest BCUT2D eigenvalue weighted by molar-refractivity contribution is -0.126. The summed E-state index contributed by atoms with van der Waals surface area (Å²) in [5.74, 6) is 1.27. The molecule has 2 aliphatic rings. The van der Waals surface area contributed by atoms with Gasteiger partial charge in [-0.25, -0.2) is 0 Å². The molecule has 2 fully saturated rings. The first kappa shape index (κ1) is 21.5. The van der Waals surface area contributed by atoms with Crippen LogP contribution in [0.1, 0.15) is 63.2 Å². The molecule has 3 atom stereocenters. The minimum Gasteiger partial charge on any atom is -0.352 e. The summed E-state index contributed by atoms with van der Waals surface area (Å²) < 4.78 is 0. The largest absolute Gasteiger partial charge is 0.352 e. The summed E-state index contributed by atoms with van der Waals surface area (Å²) in [4.78, 5) is 28.4. The van der Waals surface area contributed by atoms with Crippen molar-refractivity contribution in [3.05, 3.63) is 34.9 Å². The summed E-state index contributed by atoms with van der Waals surface area (Å²) in [5, 5.41) is 3.61. The third-order valence-electron chi connectivity index (χ3n) is 6.10. The van der Waals surface area contributed by atoms with E-state index in [-0.39, 0.29) is 23.2 Å². The lowest BCUT2D eigenvalue weighted by atomic mass is 9.88. The maximum Gasteiger partial charge on any atom is 0.256 e. The van der Waals surface area contributed by atoms with E-state index in [9.17, 15) is 9.59 Å². The van der Waals surface area contributed by atoms with E-state index in [2.05, 4.69) is 19.2 Å². The van der Waals surface area contributed by atoms with E-state index in [1.54, 1.807) is 23.9 Å². The Bertz CT molecular complexity index is 706. The topological polar surface area (TPSA) is 49.4 Å². The molecule has 1 N–H and O–H groups in total. The molecule has 3 rings (SSSR count). The monoisotopic (exact) mass is 422 g/mol. The Morgan fingerprint density at radius 2 is 1.82 bits per heavy atom. The molecular weight excluding hydrogens is 392 g/mol. The normalized spacial score (nSPS) is 24.4. The number of hydrogen-bond donors (Lipinski definition) is 1. The van der Waals surface area contributed by atoms with Gasteiger partial charge in [-0.3, -0.25) is 9.59 Å². The van der Waals surface area contributed by atoms with Crippen molar-refractivity contribution in [2.45, 2.75) is 70.3 Å². The Balaban J connectivity index is 1.87. The number of nitrogens with zero attached hydrogens (tertiary/aromatic N) is 1. The molecule has 0 aromatic heterocycles. The average molecular weight is 423 g/mol. The fraction of sp³-hybridized carbons (Fsp3) is 0.636. The van der Waals surface area contributed by atoms with Crippen molar-refractivity contribution in [1.82, 2.24) is 10.2 Å². The fourth-order valence-corrected chi connectivity index (χ4v) is 5.89. The Labute approximate surface area is 177 Å². The number of halogens is 1. The predicted molar refractivity (Wildman–Crippen MR) is 117 cm³/mol.